The number of piperidine rings is 1. The van der Waals surface area contributed by atoms with E-state index in [1.807, 2.05) is 0 Å². The van der Waals surface area contributed by atoms with E-state index >= 15 is 0 Å². The molecule has 1 aliphatic heterocycles. The number of hydrogen-bond donors (Lipinski definition) is 3. The van der Waals surface area contributed by atoms with Crippen molar-refractivity contribution in [3.05, 3.63) is 30.3 Å². The lowest BCUT2D eigenvalue weighted by Crippen LogP contribution is -2.28. The molecule has 1 aromatic carbocycles. The Bertz CT molecular complexity index is 778. The Kier molecular flexibility index (Phi) is 6.56. The maximum absolute atomic E-state index is 12.5. The topological polar surface area (TPSA) is 71.1 Å². The first kappa shape index (κ1) is 20.2. The molecule has 9 heteroatoms. The molecule has 3 N–H and O–H groups in total. The molecule has 0 unspecified atom stereocenters. The highest BCUT2D eigenvalue weighted by atomic mass is 19.4. The molecule has 6 nitrogen and oxygen atoms in total. The van der Waals surface area contributed by atoms with Gasteiger partial charge in [0.15, 0.2) is 0 Å². The number of nitrogens with one attached hydrogen (secondary N) is 3. The largest absolute Gasteiger partial charge is 0.573 e. The van der Waals surface area contributed by atoms with Gasteiger partial charge in [0.25, 0.3) is 0 Å². The Balaban J connectivity index is 1.72. The number of nitrogens with zero attached hydrogens (tertiary/aromatic N) is 2. The van der Waals surface area contributed by atoms with Crippen molar-refractivity contribution in [3.8, 4) is 17.0 Å². The number of anilines is 2. The van der Waals surface area contributed by atoms with E-state index in [1.165, 1.54) is 31.0 Å². The Hall–Kier alpha value is -2.55. The van der Waals surface area contributed by atoms with Crippen molar-refractivity contribution in [2.75, 3.05) is 37.3 Å². The van der Waals surface area contributed by atoms with Gasteiger partial charge >= 0.3 is 6.36 Å². The zero-order valence-corrected chi connectivity index (χ0v) is 15.6. The van der Waals surface area contributed by atoms with Crippen LogP contribution < -0.4 is 20.7 Å². The number of alkyl halides is 3. The minimum Gasteiger partial charge on any atom is -0.406 e. The standard InChI is InChI=1S/C19H24F3N5O/c1-23-18-26-16(14-3-2-4-15(11-14)28-19(20,21)22)12-17(27-18)25-10-7-13-5-8-24-9-6-13/h2-4,11-13,24H,5-10H2,1H3,(H2,23,25,26,27). The van der Waals surface area contributed by atoms with E-state index < -0.39 is 6.36 Å². The quantitative estimate of drug-likeness (QED) is 0.661. The molecular weight excluding hydrogens is 371 g/mol. The van der Waals surface area contributed by atoms with Gasteiger partial charge in [-0.15, -0.1) is 13.2 Å². The summed E-state index contributed by atoms with van der Waals surface area (Å²) in [6.07, 6.45) is -1.35. The molecule has 2 aromatic rings. The van der Waals surface area contributed by atoms with Crippen LogP contribution >= 0.6 is 0 Å². The molecule has 2 heterocycles. The van der Waals surface area contributed by atoms with E-state index in [-0.39, 0.29) is 5.75 Å². The lowest BCUT2D eigenvalue weighted by Gasteiger charge is -2.22. The van der Waals surface area contributed by atoms with Crippen molar-refractivity contribution in [2.24, 2.45) is 5.92 Å². The molecular formula is C19H24F3N5O. The van der Waals surface area contributed by atoms with Crippen LogP contribution in [0.25, 0.3) is 11.3 Å². The van der Waals surface area contributed by atoms with Crippen molar-refractivity contribution in [2.45, 2.75) is 25.6 Å². The van der Waals surface area contributed by atoms with Crippen molar-refractivity contribution in [1.82, 2.24) is 15.3 Å². The third-order valence-electron chi connectivity index (χ3n) is 4.63. The van der Waals surface area contributed by atoms with E-state index in [4.69, 9.17) is 0 Å². The number of benzene rings is 1. The second-order valence-electron chi connectivity index (χ2n) is 6.70. The zero-order valence-electron chi connectivity index (χ0n) is 15.6. The molecule has 0 saturated carbocycles. The van der Waals surface area contributed by atoms with Crippen molar-refractivity contribution in [3.63, 3.8) is 0 Å². The van der Waals surface area contributed by atoms with Crippen LogP contribution in [0.5, 0.6) is 5.75 Å². The summed E-state index contributed by atoms with van der Waals surface area (Å²) >= 11 is 0. The molecule has 0 aliphatic carbocycles. The summed E-state index contributed by atoms with van der Waals surface area (Å²) in [5.74, 6) is 1.43. The minimum absolute atomic E-state index is 0.282. The van der Waals surface area contributed by atoms with Crippen molar-refractivity contribution < 1.29 is 17.9 Å². The normalized spacial score (nSPS) is 15.3. The highest BCUT2D eigenvalue weighted by Gasteiger charge is 2.31. The molecule has 152 valence electrons. The molecule has 28 heavy (non-hydrogen) atoms. The summed E-state index contributed by atoms with van der Waals surface area (Å²) in [6.45, 7) is 2.90. The average molecular weight is 395 g/mol. The van der Waals surface area contributed by atoms with Gasteiger partial charge in [-0.25, -0.2) is 4.98 Å². The van der Waals surface area contributed by atoms with Crippen LogP contribution in [0.1, 0.15) is 19.3 Å². The van der Waals surface area contributed by atoms with Crippen LogP contribution in [0.15, 0.2) is 30.3 Å². The maximum atomic E-state index is 12.5. The second kappa shape index (κ2) is 9.09. The highest BCUT2D eigenvalue weighted by molar-refractivity contribution is 5.65. The Morgan fingerprint density at radius 3 is 2.68 bits per heavy atom. The van der Waals surface area contributed by atoms with Crippen molar-refractivity contribution >= 4 is 11.8 Å². The van der Waals surface area contributed by atoms with Gasteiger partial charge in [0.1, 0.15) is 11.6 Å². The molecule has 0 atom stereocenters. The predicted molar refractivity (Wildman–Crippen MR) is 102 cm³/mol. The summed E-state index contributed by atoms with van der Waals surface area (Å²) in [6, 6.07) is 7.49. The number of hydrogen-bond acceptors (Lipinski definition) is 6. The summed E-state index contributed by atoms with van der Waals surface area (Å²) in [5, 5.41) is 9.55. The molecule has 0 bridgehead atoms. The smallest absolute Gasteiger partial charge is 0.406 e. The lowest BCUT2D eigenvalue weighted by atomic mass is 9.95. The Morgan fingerprint density at radius 2 is 1.96 bits per heavy atom. The van der Waals surface area contributed by atoms with Crippen LogP contribution in [0.4, 0.5) is 24.9 Å². The molecule has 0 amide bonds. The average Bonchev–Trinajstić information content (AvgIpc) is 2.67. The summed E-state index contributed by atoms with van der Waals surface area (Å²) in [4.78, 5) is 8.74. The summed E-state index contributed by atoms with van der Waals surface area (Å²) in [7, 11) is 1.70. The fraction of sp³-hybridized carbons (Fsp3) is 0.474. The Labute approximate surface area is 161 Å². The van der Waals surface area contributed by atoms with Crippen LogP contribution in [0, 0.1) is 5.92 Å². The van der Waals surface area contributed by atoms with Gasteiger partial charge in [0, 0.05) is 25.2 Å². The monoisotopic (exact) mass is 395 g/mol. The van der Waals surface area contributed by atoms with E-state index in [0.717, 1.165) is 26.1 Å². The first-order valence-electron chi connectivity index (χ1n) is 9.30. The second-order valence-corrected chi connectivity index (χ2v) is 6.70. The number of aromatic nitrogens is 2. The first-order chi connectivity index (χ1) is 13.4. The van der Waals surface area contributed by atoms with E-state index in [2.05, 4.69) is 30.7 Å². The molecule has 3 rings (SSSR count). The zero-order chi connectivity index (χ0) is 20.0. The van der Waals surface area contributed by atoms with Gasteiger partial charge in [-0.05, 0) is 50.4 Å². The fourth-order valence-corrected chi connectivity index (χ4v) is 3.22. The third-order valence-corrected chi connectivity index (χ3v) is 4.63. The van der Waals surface area contributed by atoms with Gasteiger partial charge in [0.2, 0.25) is 5.95 Å². The summed E-state index contributed by atoms with van der Waals surface area (Å²) < 4.78 is 41.4. The predicted octanol–water partition coefficient (Wildman–Crippen LogP) is 3.89. The van der Waals surface area contributed by atoms with Crippen LogP contribution in [0.3, 0.4) is 0 Å². The van der Waals surface area contributed by atoms with Gasteiger partial charge in [-0.1, -0.05) is 12.1 Å². The number of halogens is 3. The van der Waals surface area contributed by atoms with Crippen LogP contribution in [0.2, 0.25) is 0 Å². The highest BCUT2D eigenvalue weighted by Crippen LogP contribution is 2.28. The fourth-order valence-electron chi connectivity index (χ4n) is 3.22. The van der Waals surface area contributed by atoms with Gasteiger partial charge in [0.05, 0.1) is 5.69 Å². The van der Waals surface area contributed by atoms with Gasteiger partial charge in [-0.3, -0.25) is 0 Å². The number of rotatable bonds is 7. The van der Waals surface area contributed by atoms with E-state index in [9.17, 15) is 13.2 Å². The Morgan fingerprint density at radius 1 is 1.18 bits per heavy atom. The first-order valence-corrected chi connectivity index (χ1v) is 9.30. The van der Waals surface area contributed by atoms with E-state index in [0.29, 0.717) is 28.9 Å². The van der Waals surface area contributed by atoms with Gasteiger partial charge < -0.3 is 20.7 Å². The lowest BCUT2D eigenvalue weighted by molar-refractivity contribution is -0.274. The number of ether oxygens (including phenoxy) is 1. The molecule has 0 spiro atoms. The minimum atomic E-state index is -4.73. The van der Waals surface area contributed by atoms with Crippen molar-refractivity contribution in [1.29, 1.82) is 0 Å². The molecule has 1 fully saturated rings. The SMILES string of the molecule is CNc1nc(NCCC2CCNCC2)cc(-c2cccc(OC(F)(F)F)c2)n1. The van der Waals surface area contributed by atoms with Crippen LogP contribution in [-0.2, 0) is 0 Å². The maximum Gasteiger partial charge on any atom is 0.573 e. The summed E-state index contributed by atoms with van der Waals surface area (Å²) in [5.41, 5.74) is 1.03. The molecule has 1 saturated heterocycles. The molecule has 1 aliphatic rings. The van der Waals surface area contributed by atoms with E-state index in [1.54, 1.807) is 19.2 Å². The molecule has 1 aromatic heterocycles. The molecule has 0 radical (unpaired) electrons. The third kappa shape index (κ3) is 5.98. The van der Waals surface area contributed by atoms with Crippen LogP contribution in [-0.4, -0.2) is 43.0 Å². The van der Waals surface area contributed by atoms with Gasteiger partial charge in [-0.2, -0.15) is 4.98 Å².